The van der Waals surface area contributed by atoms with Crippen molar-refractivity contribution in [2.24, 2.45) is 10.8 Å². The van der Waals surface area contributed by atoms with Crippen molar-refractivity contribution in [3.8, 4) is 0 Å². The molecule has 2 rings (SSSR count). The highest BCUT2D eigenvalue weighted by Crippen LogP contribution is 2.33. The lowest BCUT2D eigenvalue weighted by atomic mass is 10.2. The highest BCUT2D eigenvalue weighted by Gasteiger charge is 2.12. The van der Waals surface area contributed by atoms with Crippen molar-refractivity contribution in [2.45, 2.75) is 13.8 Å². The Morgan fingerprint density at radius 1 is 1.00 bits per heavy atom. The third-order valence-corrected chi connectivity index (χ3v) is 3.65. The van der Waals surface area contributed by atoms with E-state index in [1.807, 2.05) is 50.3 Å². The number of nitrogens with two attached hydrogens (primary N) is 1. The van der Waals surface area contributed by atoms with Crippen LogP contribution >= 0.6 is 23.2 Å². The van der Waals surface area contributed by atoms with Gasteiger partial charge in [0.25, 0.3) is 0 Å². The molecule has 22 heavy (non-hydrogen) atoms. The maximum Gasteiger partial charge on any atom is 0.0943 e. The lowest BCUT2D eigenvalue weighted by Gasteiger charge is -2.21. The molecule has 0 bridgehead atoms. The molecule has 0 aliphatic carbocycles. The molecule has 0 fully saturated rings. The van der Waals surface area contributed by atoms with Gasteiger partial charge < -0.3 is 0 Å². The van der Waals surface area contributed by atoms with E-state index in [0.717, 1.165) is 17.1 Å². The van der Waals surface area contributed by atoms with Crippen LogP contribution in [0.15, 0.2) is 65.3 Å². The molecule has 5 heteroatoms. The van der Waals surface area contributed by atoms with Crippen LogP contribution in [0.1, 0.15) is 13.8 Å². The third kappa shape index (κ3) is 4.10. The monoisotopic (exact) mass is 333 g/mol. The number of allylic oxidation sites excluding steroid dienone is 2. The van der Waals surface area contributed by atoms with Crippen LogP contribution in [0.25, 0.3) is 0 Å². The molecule has 2 aromatic rings. The van der Waals surface area contributed by atoms with Gasteiger partial charge in [0.2, 0.25) is 0 Å². The van der Waals surface area contributed by atoms with Gasteiger partial charge >= 0.3 is 0 Å². The Labute approximate surface area is 140 Å². The zero-order valence-electron chi connectivity index (χ0n) is 12.4. The van der Waals surface area contributed by atoms with E-state index in [0.29, 0.717) is 15.7 Å². The minimum Gasteiger partial charge on any atom is -0.281 e. The first-order valence-corrected chi connectivity index (χ1v) is 7.52. The standard InChI is InChI=1S/C17H17Cl2N3/c1-12(21-14-7-4-3-5-8-14)11-13(2)22(20)17-15(18)9-6-10-16(17)19/h3-11H,20H2,1-2H3/b13-11-,21-12+. The summed E-state index contributed by atoms with van der Waals surface area (Å²) in [5.74, 6) is 6.12. The van der Waals surface area contributed by atoms with Gasteiger partial charge in [-0.3, -0.25) is 10.0 Å². The molecule has 3 nitrogen and oxygen atoms in total. The first-order chi connectivity index (χ1) is 10.5. The van der Waals surface area contributed by atoms with E-state index >= 15 is 0 Å². The number of anilines is 1. The molecule has 114 valence electrons. The predicted octanol–water partition coefficient (Wildman–Crippen LogP) is 5.37. The summed E-state index contributed by atoms with van der Waals surface area (Å²) in [5.41, 5.74) is 3.09. The maximum atomic E-state index is 6.17. The maximum absolute atomic E-state index is 6.17. The number of hydrogen-bond acceptors (Lipinski definition) is 3. The molecular formula is C17H17Cl2N3. The lowest BCUT2D eigenvalue weighted by Crippen LogP contribution is -2.29. The molecule has 0 unspecified atom stereocenters. The molecule has 2 N–H and O–H groups in total. The Morgan fingerprint density at radius 3 is 2.18 bits per heavy atom. The van der Waals surface area contributed by atoms with Gasteiger partial charge in [-0.15, -0.1) is 0 Å². The molecule has 0 amide bonds. The summed E-state index contributed by atoms with van der Waals surface area (Å²) in [7, 11) is 0. The van der Waals surface area contributed by atoms with Crippen molar-refractivity contribution in [3.05, 3.63) is 70.3 Å². The highest BCUT2D eigenvalue weighted by molar-refractivity contribution is 6.39. The molecule has 2 aromatic carbocycles. The van der Waals surface area contributed by atoms with Crippen LogP contribution in [0.5, 0.6) is 0 Å². The summed E-state index contributed by atoms with van der Waals surface area (Å²) in [6, 6.07) is 15.0. The predicted molar refractivity (Wildman–Crippen MR) is 96.1 cm³/mol. The van der Waals surface area contributed by atoms with Crippen molar-refractivity contribution >= 4 is 40.3 Å². The minimum absolute atomic E-state index is 0.500. The number of hydrazine groups is 1. The van der Waals surface area contributed by atoms with Crippen LogP contribution in [-0.2, 0) is 0 Å². The van der Waals surface area contributed by atoms with Crippen molar-refractivity contribution in [3.63, 3.8) is 0 Å². The molecule has 0 heterocycles. The Kier molecular flexibility index (Phi) is 5.61. The molecule has 0 radical (unpaired) electrons. The van der Waals surface area contributed by atoms with E-state index in [9.17, 15) is 0 Å². The van der Waals surface area contributed by atoms with E-state index in [1.165, 1.54) is 5.01 Å². The van der Waals surface area contributed by atoms with Crippen LogP contribution in [0.2, 0.25) is 10.0 Å². The molecular weight excluding hydrogens is 317 g/mol. The van der Waals surface area contributed by atoms with Crippen LogP contribution in [0.4, 0.5) is 11.4 Å². The number of hydrogen-bond donors (Lipinski definition) is 1. The fraction of sp³-hybridized carbons (Fsp3) is 0.118. The van der Waals surface area contributed by atoms with Crippen LogP contribution in [-0.4, -0.2) is 5.71 Å². The van der Waals surface area contributed by atoms with Crippen molar-refractivity contribution in [2.75, 3.05) is 5.01 Å². The summed E-state index contributed by atoms with van der Waals surface area (Å²) in [5, 5.41) is 2.47. The second-order valence-corrected chi connectivity index (χ2v) is 5.63. The van der Waals surface area contributed by atoms with Gasteiger partial charge in [0.15, 0.2) is 0 Å². The van der Waals surface area contributed by atoms with E-state index in [4.69, 9.17) is 29.0 Å². The number of nitrogens with zero attached hydrogens (tertiary/aromatic N) is 2. The fourth-order valence-corrected chi connectivity index (χ4v) is 2.59. The first kappa shape index (κ1) is 16.6. The molecule has 0 saturated carbocycles. The normalized spacial score (nSPS) is 12.4. The summed E-state index contributed by atoms with van der Waals surface area (Å²) in [6.07, 6.45) is 1.88. The van der Waals surface area contributed by atoms with E-state index < -0.39 is 0 Å². The van der Waals surface area contributed by atoms with Crippen LogP contribution in [0, 0.1) is 0 Å². The number of rotatable bonds is 4. The summed E-state index contributed by atoms with van der Waals surface area (Å²) < 4.78 is 0. The van der Waals surface area contributed by atoms with Gasteiger partial charge in [0, 0.05) is 11.4 Å². The Balaban J connectivity index is 2.27. The zero-order valence-corrected chi connectivity index (χ0v) is 13.9. The van der Waals surface area contributed by atoms with E-state index in [-0.39, 0.29) is 0 Å². The lowest BCUT2D eigenvalue weighted by molar-refractivity contribution is 0.997. The number of halogens is 2. The van der Waals surface area contributed by atoms with E-state index in [2.05, 4.69) is 4.99 Å². The summed E-state index contributed by atoms with van der Waals surface area (Å²) >= 11 is 12.3. The second kappa shape index (κ2) is 7.45. The van der Waals surface area contributed by atoms with Crippen molar-refractivity contribution < 1.29 is 0 Å². The van der Waals surface area contributed by atoms with Crippen molar-refractivity contribution in [1.82, 2.24) is 0 Å². The van der Waals surface area contributed by atoms with Gasteiger partial charge in [0.05, 0.1) is 21.4 Å². The second-order valence-electron chi connectivity index (χ2n) is 4.81. The smallest absolute Gasteiger partial charge is 0.0943 e. The first-order valence-electron chi connectivity index (χ1n) is 6.76. The highest BCUT2D eigenvalue weighted by atomic mass is 35.5. The SMILES string of the molecule is C/C(=C/C(C)=N/c1ccccc1)N(N)c1c(Cl)cccc1Cl. The van der Waals surface area contributed by atoms with Crippen LogP contribution < -0.4 is 10.9 Å². The Hall–Kier alpha value is -1.81. The molecule has 0 saturated heterocycles. The average molecular weight is 334 g/mol. The summed E-state index contributed by atoms with van der Waals surface area (Å²) in [6.45, 7) is 3.79. The number of aliphatic imine (C=N–C) groups is 1. The Morgan fingerprint density at radius 2 is 1.59 bits per heavy atom. The van der Waals surface area contributed by atoms with Crippen LogP contribution in [0.3, 0.4) is 0 Å². The van der Waals surface area contributed by atoms with Crippen molar-refractivity contribution in [1.29, 1.82) is 0 Å². The van der Waals surface area contributed by atoms with Gasteiger partial charge in [0.1, 0.15) is 0 Å². The molecule has 0 aliphatic heterocycles. The topological polar surface area (TPSA) is 41.6 Å². The number of benzene rings is 2. The molecule has 0 spiro atoms. The fourth-order valence-electron chi connectivity index (χ4n) is 2.01. The number of para-hydroxylation sites is 2. The Bertz CT molecular complexity index is 689. The third-order valence-electron chi connectivity index (χ3n) is 3.04. The molecule has 0 aliphatic rings. The molecule has 0 atom stereocenters. The van der Waals surface area contributed by atoms with Gasteiger partial charge in [-0.05, 0) is 44.2 Å². The van der Waals surface area contributed by atoms with Gasteiger partial charge in [-0.25, -0.2) is 5.84 Å². The minimum atomic E-state index is 0.500. The summed E-state index contributed by atoms with van der Waals surface area (Å²) in [4.78, 5) is 4.51. The van der Waals surface area contributed by atoms with E-state index in [1.54, 1.807) is 18.2 Å². The van der Waals surface area contributed by atoms with Gasteiger partial charge in [-0.1, -0.05) is 47.5 Å². The average Bonchev–Trinajstić information content (AvgIpc) is 2.47. The molecule has 0 aromatic heterocycles. The largest absolute Gasteiger partial charge is 0.281 e. The quantitative estimate of drug-likeness (QED) is 0.464. The zero-order chi connectivity index (χ0) is 16.1. The van der Waals surface area contributed by atoms with Gasteiger partial charge in [-0.2, -0.15) is 0 Å².